The number of amides is 1. The van der Waals surface area contributed by atoms with E-state index in [0.717, 1.165) is 11.1 Å². The molecule has 0 aromatic heterocycles. The number of rotatable bonds is 8. The fourth-order valence-corrected chi connectivity index (χ4v) is 3.11. The second-order valence-corrected chi connectivity index (χ2v) is 8.67. The minimum atomic E-state index is -0.439. The maximum absolute atomic E-state index is 12.3. The fourth-order valence-electron chi connectivity index (χ4n) is 3.11. The Kier molecular flexibility index (Phi) is 7.56. The first kappa shape index (κ1) is 23.7. The van der Waals surface area contributed by atoms with Gasteiger partial charge in [0.05, 0.1) is 17.6 Å². The van der Waals surface area contributed by atoms with E-state index in [1.54, 1.807) is 18.2 Å². The smallest absolute Gasteiger partial charge is 0.269 e. The zero-order chi connectivity index (χ0) is 23.8. The Morgan fingerprint density at radius 2 is 1.64 bits per heavy atom. The third kappa shape index (κ3) is 7.00. The summed E-state index contributed by atoms with van der Waals surface area (Å²) in [6.45, 7) is 6.70. The SMILES string of the molecule is CC(C)(C)c1ccc(CC(=O)N/N=C\c2ccccc2OCc2ccc([N+](=O)[O-])cc2)cc1. The van der Waals surface area contributed by atoms with Crippen LogP contribution < -0.4 is 10.2 Å². The number of para-hydroxylation sites is 1. The predicted octanol–water partition coefficient (Wildman–Crippen LogP) is 5.16. The molecule has 0 aliphatic rings. The Labute approximate surface area is 193 Å². The number of carbonyl (C=O) groups excluding carboxylic acids is 1. The van der Waals surface area contributed by atoms with Gasteiger partial charge in [-0.3, -0.25) is 14.9 Å². The average Bonchev–Trinajstić information content (AvgIpc) is 2.78. The number of hydrogen-bond donors (Lipinski definition) is 1. The molecular formula is C26H27N3O4. The molecule has 0 saturated heterocycles. The maximum Gasteiger partial charge on any atom is 0.269 e. The Morgan fingerprint density at radius 1 is 1.00 bits per heavy atom. The van der Waals surface area contributed by atoms with Crippen molar-refractivity contribution in [3.63, 3.8) is 0 Å². The molecule has 33 heavy (non-hydrogen) atoms. The molecule has 3 aromatic carbocycles. The topological polar surface area (TPSA) is 93.8 Å². The highest BCUT2D eigenvalue weighted by molar-refractivity contribution is 5.85. The van der Waals surface area contributed by atoms with Crippen molar-refractivity contribution >= 4 is 17.8 Å². The van der Waals surface area contributed by atoms with Gasteiger partial charge in [-0.1, -0.05) is 57.2 Å². The summed E-state index contributed by atoms with van der Waals surface area (Å²) in [4.78, 5) is 22.6. The summed E-state index contributed by atoms with van der Waals surface area (Å²) >= 11 is 0. The van der Waals surface area contributed by atoms with Crippen molar-refractivity contribution in [3.8, 4) is 5.75 Å². The van der Waals surface area contributed by atoms with Crippen LogP contribution in [0, 0.1) is 10.1 Å². The minimum absolute atomic E-state index is 0.0344. The van der Waals surface area contributed by atoms with Gasteiger partial charge in [-0.25, -0.2) is 5.43 Å². The highest BCUT2D eigenvalue weighted by atomic mass is 16.6. The van der Waals surface area contributed by atoms with Gasteiger partial charge >= 0.3 is 0 Å². The Balaban J connectivity index is 1.55. The third-order valence-corrected chi connectivity index (χ3v) is 5.04. The quantitative estimate of drug-likeness (QED) is 0.294. The Morgan fingerprint density at radius 3 is 2.27 bits per heavy atom. The second-order valence-electron chi connectivity index (χ2n) is 8.67. The van der Waals surface area contributed by atoms with Crippen LogP contribution in [0.5, 0.6) is 5.75 Å². The van der Waals surface area contributed by atoms with Crippen molar-refractivity contribution in [3.05, 3.63) is 105 Å². The number of hydrazone groups is 1. The molecule has 0 fully saturated rings. The number of nitro benzene ring substituents is 1. The van der Waals surface area contributed by atoms with Gasteiger partial charge < -0.3 is 4.74 Å². The number of non-ortho nitro benzene ring substituents is 1. The molecule has 3 aromatic rings. The molecule has 0 heterocycles. The first-order valence-corrected chi connectivity index (χ1v) is 10.6. The second kappa shape index (κ2) is 10.5. The molecule has 170 valence electrons. The summed E-state index contributed by atoms with van der Waals surface area (Å²) in [6.07, 6.45) is 1.77. The molecule has 0 aliphatic heterocycles. The molecule has 0 unspecified atom stereocenters. The first-order valence-electron chi connectivity index (χ1n) is 10.6. The summed E-state index contributed by atoms with van der Waals surface area (Å²) in [5.74, 6) is 0.380. The number of nitrogens with one attached hydrogen (secondary N) is 1. The van der Waals surface area contributed by atoms with E-state index in [0.29, 0.717) is 11.3 Å². The first-order chi connectivity index (χ1) is 15.7. The summed E-state index contributed by atoms with van der Waals surface area (Å²) in [5, 5.41) is 14.8. The van der Waals surface area contributed by atoms with E-state index < -0.39 is 4.92 Å². The van der Waals surface area contributed by atoms with Gasteiger partial charge in [-0.05, 0) is 46.4 Å². The lowest BCUT2D eigenvalue weighted by atomic mass is 9.86. The molecule has 0 spiro atoms. The van der Waals surface area contributed by atoms with Crippen molar-refractivity contribution in [1.29, 1.82) is 0 Å². The van der Waals surface area contributed by atoms with Gasteiger partial charge in [0.25, 0.3) is 5.69 Å². The van der Waals surface area contributed by atoms with Gasteiger partial charge in [0, 0.05) is 17.7 Å². The standard InChI is InChI=1S/C26H27N3O4/c1-26(2,3)22-12-8-19(9-13-22)16-25(30)28-27-17-21-6-4-5-7-24(21)33-18-20-10-14-23(15-11-20)29(31)32/h4-15,17H,16,18H2,1-3H3,(H,28,30)/b27-17-. The van der Waals surface area contributed by atoms with E-state index in [1.165, 1.54) is 23.9 Å². The molecule has 7 nitrogen and oxygen atoms in total. The molecule has 0 aliphatic carbocycles. The monoisotopic (exact) mass is 445 g/mol. The lowest BCUT2D eigenvalue weighted by Gasteiger charge is -2.19. The molecular weight excluding hydrogens is 418 g/mol. The van der Waals surface area contributed by atoms with Crippen LogP contribution in [0.15, 0.2) is 77.9 Å². The Bertz CT molecular complexity index is 1130. The minimum Gasteiger partial charge on any atom is -0.488 e. The summed E-state index contributed by atoms with van der Waals surface area (Å²) in [6, 6.07) is 21.5. The van der Waals surface area contributed by atoms with Crippen LogP contribution in [0.2, 0.25) is 0 Å². The number of nitro groups is 1. The van der Waals surface area contributed by atoms with Crippen molar-refractivity contribution in [2.75, 3.05) is 0 Å². The van der Waals surface area contributed by atoms with E-state index >= 15 is 0 Å². The van der Waals surface area contributed by atoms with E-state index in [1.807, 2.05) is 42.5 Å². The van der Waals surface area contributed by atoms with Crippen LogP contribution in [0.1, 0.15) is 43.0 Å². The summed E-state index contributed by atoms with van der Waals surface area (Å²) in [7, 11) is 0. The van der Waals surface area contributed by atoms with Gasteiger partial charge in [-0.15, -0.1) is 0 Å². The molecule has 0 bridgehead atoms. The number of nitrogens with zero attached hydrogens (tertiary/aromatic N) is 2. The van der Waals surface area contributed by atoms with Gasteiger partial charge in [-0.2, -0.15) is 5.10 Å². The highest BCUT2D eigenvalue weighted by Gasteiger charge is 2.13. The molecule has 7 heteroatoms. The summed E-state index contributed by atoms with van der Waals surface area (Å²) < 4.78 is 5.84. The van der Waals surface area contributed by atoms with Gasteiger partial charge in [0.15, 0.2) is 0 Å². The van der Waals surface area contributed by atoms with Crippen molar-refractivity contribution in [2.45, 2.75) is 39.2 Å². The van der Waals surface area contributed by atoms with Crippen LogP contribution in [-0.2, 0) is 23.2 Å². The summed E-state index contributed by atoms with van der Waals surface area (Å²) in [5.41, 5.74) is 6.30. The van der Waals surface area contributed by atoms with E-state index in [2.05, 4.69) is 31.3 Å². The lowest BCUT2D eigenvalue weighted by molar-refractivity contribution is -0.384. The maximum atomic E-state index is 12.3. The largest absolute Gasteiger partial charge is 0.488 e. The predicted molar refractivity (Wildman–Crippen MR) is 128 cm³/mol. The van der Waals surface area contributed by atoms with Crippen LogP contribution in [0.25, 0.3) is 0 Å². The highest BCUT2D eigenvalue weighted by Crippen LogP contribution is 2.22. The molecule has 0 atom stereocenters. The third-order valence-electron chi connectivity index (χ3n) is 5.04. The molecule has 0 saturated carbocycles. The lowest BCUT2D eigenvalue weighted by Crippen LogP contribution is -2.20. The number of carbonyl (C=O) groups is 1. The number of benzene rings is 3. The average molecular weight is 446 g/mol. The zero-order valence-corrected chi connectivity index (χ0v) is 18.9. The Hall–Kier alpha value is -4.00. The van der Waals surface area contributed by atoms with E-state index in [9.17, 15) is 14.9 Å². The van der Waals surface area contributed by atoms with Gasteiger partial charge in [0.2, 0.25) is 5.91 Å². The van der Waals surface area contributed by atoms with Crippen LogP contribution in [-0.4, -0.2) is 17.0 Å². The van der Waals surface area contributed by atoms with E-state index in [4.69, 9.17) is 4.74 Å². The molecule has 0 radical (unpaired) electrons. The van der Waals surface area contributed by atoms with Crippen LogP contribution >= 0.6 is 0 Å². The normalized spacial score (nSPS) is 11.4. The molecule has 3 rings (SSSR count). The van der Waals surface area contributed by atoms with Gasteiger partial charge in [0.1, 0.15) is 12.4 Å². The van der Waals surface area contributed by atoms with E-state index in [-0.39, 0.29) is 30.0 Å². The number of ether oxygens (including phenoxy) is 1. The molecule has 1 N–H and O–H groups in total. The number of hydrogen-bond acceptors (Lipinski definition) is 5. The van der Waals surface area contributed by atoms with Crippen molar-refractivity contribution in [2.24, 2.45) is 5.10 Å². The van der Waals surface area contributed by atoms with Crippen molar-refractivity contribution in [1.82, 2.24) is 5.43 Å². The fraction of sp³-hybridized carbons (Fsp3) is 0.231. The van der Waals surface area contributed by atoms with Crippen molar-refractivity contribution < 1.29 is 14.5 Å². The van der Waals surface area contributed by atoms with Crippen LogP contribution in [0.4, 0.5) is 5.69 Å². The van der Waals surface area contributed by atoms with Crippen LogP contribution in [0.3, 0.4) is 0 Å². The molecule has 1 amide bonds. The zero-order valence-electron chi connectivity index (χ0n) is 18.9.